The second-order valence-corrected chi connectivity index (χ2v) is 23.8. The quantitative estimate of drug-likeness (QED) is 0.0207. The largest absolute Gasteiger partial charge is 0.496 e. The van der Waals surface area contributed by atoms with Gasteiger partial charge in [-0.15, -0.1) is 0 Å². The molecule has 0 unspecified atom stereocenters. The highest BCUT2D eigenvalue weighted by Crippen LogP contribution is 2.40. The molecule has 2 heterocycles. The molecule has 21 heteroatoms. The lowest BCUT2D eigenvalue weighted by Crippen LogP contribution is -2.13. The lowest BCUT2D eigenvalue weighted by molar-refractivity contribution is -0.136. The van der Waals surface area contributed by atoms with Crippen molar-refractivity contribution in [1.82, 2.24) is 19.9 Å². The summed E-state index contributed by atoms with van der Waals surface area (Å²) in [4.78, 5) is 39.8. The molecule has 0 spiro atoms. The Morgan fingerprint density at radius 3 is 1.52 bits per heavy atom. The second-order valence-electron chi connectivity index (χ2n) is 16.1. The Morgan fingerprint density at radius 2 is 1.10 bits per heavy atom. The fourth-order valence-electron chi connectivity index (χ4n) is 6.43. The highest BCUT2D eigenvalue weighted by atomic mass is 79.9. The van der Waals surface area contributed by atoms with Crippen LogP contribution in [0.3, 0.4) is 0 Å². The van der Waals surface area contributed by atoms with E-state index in [2.05, 4.69) is 74.4 Å². The lowest BCUT2D eigenvalue weighted by atomic mass is 10.1. The van der Waals surface area contributed by atoms with Crippen molar-refractivity contribution < 1.29 is 37.7 Å². The molecule has 71 heavy (non-hydrogen) atoms. The summed E-state index contributed by atoms with van der Waals surface area (Å²) < 4.78 is 45.2. The van der Waals surface area contributed by atoms with Gasteiger partial charge in [0.05, 0.1) is 52.2 Å². The Morgan fingerprint density at radius 1 is 0.662 bits per heavy atom. The molecular formula is C50H57BrCl2N8O8P2. The summed E-state index contributed by atoms with van der Waals surface area (Å²) in [5, 5.41) is 12.2. The molecule has 0 saturated carbocycles. The van der Waals surface area contributed by atoms with E-state index in [4.69, 9.17) is 38.4 Å². The highest BCUT2D eigenvalue weighted by molar-refractivity contribution is 9.09. The van der Waals surface area contributed by atoms with Crippen molar-refractivity contribution in [1.29, 1.82) is 0 Å². The minimum absolute atomic E-state index is 0.238. The molecule has 2 aromatic heterocycles. The molecule has 6 aromatic rings. The van der Waals surface area contributed by atoms with Crippen LogP contribution in [0, 0.1) is 0 Å². The maximum atomic E-state index is 12.7. The molecule has 0 atom stereocenters. The maximum Gasteiger partial charge on any atom is 0.334 e. The standard InChI is InChI=1S/C25H28ClN4O4P.C20H22ClN4O2P.C5H7BrO2/c1-16(25(31)34-3)14-27-18-10-11-21(33-2)17(12-18)13-23-28-15-19(26)24(30-23)29-20-8-6-7-9-22(20)35(4,5)32;1-27-17-9-8-14(22)10-13(17)11-19-23-12-15(21)20(25-19)24-16-6-4-5-7-18(16)28(2,3)26;1-4(3-6)5(7)8-2/h6-12,15,27H,1,13-14H2,2-5H3,(H,28,29,30);4-10,12H,11,22H2,1-3H3,(H,23,24,25);1,3H2,2H3. The third-order valence-corrected chi connectivity index (χ3v) is 14.3. The van der Waals surface area contributed by atoms with E-state index in [9.17, 15) is 18.7 Å². The van der Waals surface area contributed by atoms with E-state index in [1.807, 2.05) is 78.9 Å². The molecule has 0 fully saturated rings. The second kappa shape index (κ2) is 26.8. The number of hydrogen-bond donors (Lipinski definition) is 4. The first-order valence-electron chi connectivity index (χ1n) is 21.4. The third kappa shape index (κ3) is 17.3. The zero-order chi connectivity index (χ0) is 52.5. The van der Waals surface area contributed by atoms with Crippen molar-refractivity contribution in [3.05, 3.63) is 154 Å². The zero-order valence-corrected chi connectivity index (χ0v) is 45.5. The first kappa shape index (κ1) is 57.4. The summed E-state index contributed by atoms with van der Waals surface area (Å²) in [7, 11) is 0.850. The van der Waals surface area contributed by atoms with Crippen LogP contribution >= 0.6 is 53.4 Å². The minimum Gasteiger partial charge on any atom is -0.496 e. The molecule has 0 aliphatic rings. The maximum absolute atomic E-state index is 12.7. The van der Waals surface area contributed by atoms with Gasteiger partial charge in [-0.3, -0.25) is 0 Å². The SMILES string of the molecule is C=C(CBr)C(=O)OC.C=C(CNc1ccc(OC)c(Cc2ncc(Cl)c(Nc3ccccc3P(C)(C)=O)n2)c1)C(=O)OC.COc1ccc(N)cc1Cc1ncc(Cl)c(Nc2ccccc2P(C)(C)=O)n1. The first-order chi connectivity index (χ1) is 33.6. The number of nitrogens with one attached hydrogen (secondary N) is 3. The Labute approximate surface area is 433 Å². The van der Waals surface area contributed by atoms with E-state index in [1.54, 1.807) is 53.1 Å². The van der Waals surface area contributed by atoms with Gasteiger partial charge < -0.3 is 49.8 Å². The molecular weight excluding hydrogens is 1050 g/mol. The Kier molecular flexibility index (Phi) is 21.7. The number of nitrogens with zero attached hydrogens (tertiary/aromatic N) is 4. The number of para-hydroxylation sites is 2. The average molecular weight is 1110 g/mol. The van der Waals surface area contributed by atoms with Crippen LogP contribution in [0.2, 0.25) is 10.0 Å². The fourth-order valence-corrected chi connectivity index (χ4v) is 9.25. The number of hydrogen-bond acceptors (Lipinski definition) is 16. The molecule has 0 radical (unpaired) electrons. The number of ether oxygens (including phenoxy) is 4. The molecule has 0 aliphatic carbocycles. The van der Waals surface area contributed by atoms with Crippen LogP contribution in [0.15, 0.2) is 122 Å². The number of methoxy groups -OCH3 is 4. The highest BCUT2D eigenvalue weighted by Gasteiger charge is 2.20. The van der Waals surface area contributed by atoms with Crippen LogP contribution in [-0.2, 0) is 41.0 Å². The summed E-state index contributed by atoms with van der Waals surface area (Å²) in [5.74, 6) is 2.50. The third-order valence-electron chi connectivity index (χ3n) is 9.96. The normalized spacial score (nSPS) is 10.8. The van der Waals surface area contributed by atoms with Crippen molar-refractivity contribution in [3.8, 4) is 11.5 Å². The number of rotatable bonds is 18. The van der Waals surface area contributed by atoms with Crippen LogP contribution in [0.5, 0.6) is 11.5 Å². The Hall–Kier alpha value is -6.22. The van der Waals surface area contributed by atoms with E-state index < -0.39 is 20.3 Å². The van der Waals surface area contributed by atoms with Gasteiger partial charge in [-0.2, -0.15) is 0 Å². The van der Waals surface area contributed by atoms with Crippen LogP contribution in [0.25, 0.3) is 0 Å². The predicted molar refractivity (Wildman–Crippen MR) is 292 cm³/mol. The van der Waals surface area contributed by atoms with Gasteiger partial charge in [0.2, 0.25) is 0 Å². The summed E-state index contributed by atoms with van der Waals surface area (Å²) in [6.45, 7) is 14.3. The van der Waals surface area contributed by atoms with Crippen molar-refractivity contribution in [2.24, 2.45) is 0 Å². The molecule has 5 N–H and O–H groups in total. The molecule has 0 aliphatic heterocycles. The number of esters is 2. The van der Waals surface area contributed by atoms with Crippen LogP contribution in [0.4, 0.5) is 34.4 Å². The number of anilines is 6. The van der Waals surface area contributed by atoms with Gasteiger partial charge in [0.1, 0.15) is 47.5 Å². The molecule has 4 aromatic carbocycles. The topological polar surface area (TPSA) is 219 Å². The molecule has 6 rings (SSSR count). The van der Waals surface area contributed by atoms with Gasteiger partial charge in [0.15, 0.2) is 11.6 Å². The Bertz CT molecular complexity index is 2960. The number of alkyl halides is 1. The molecule has 0 amide bonds. The lowest BCUT2D eigenvalue weighted by Gasteiger charge is -2.16. The summed E-state index contributed by atoms with van der Waals surface area (Å²) in [6, 6.07) is 25.8. The Balaban J connectivity index is 0.000000272. The first-order valence-corrected chi connectivity index (χ1v) is 28.5. The van der Waals surface area contributed by atoms with E-state index in [-0.39, 0.29) is 12.5 Å². The molecule has 376 valence electrons. The van der Waals surface area contributed by atoms with E-state index in [1.165, 1.54) is 20.4 Å². The number of carbonyl (C=O) groups excluding carboxylic acids is 2. The summed E-state index contributed by atoms with van der Waals surface area (Å²) >= 11 is 15.7. The summed E-state index contributed by atoms with van der Waals surface area (Å²) in [6.07, 6.45) is 3.87. The summed E-state index contributed by atoms with van der Waals surface area (Å²) in [5.41, 5.74) is 11.2. The zero-order valence-electron chi connectivity index (χ0n) is 40.6. The van der Waals surface area contributed by atoms with Crippen molar-refractivity contribution in [2.75, 3.05) is 88.7 Å². The van der Waals surface area contributed by atoms with Gasteiger partial charge >= 0.3 is 11.9 Å². The van der Waals surface area contributed by atoms with Crippen LogP contribution < -0.4 is 41.8 Å². The van der Waals surface area contributed by atoms with Crippen LogP contribution in [-0.4, -0.2) is 98.8 Å². The molecule has 16 nitrogen and oxygen atoms in total. The number of benzene rings is 4. The van der Waals surface area contributed by atoms with E-state index in [0.29, 0.717) is 96.5 Å². The molecule has 0 bridgehead atoms. The monoisotopic (exact) mass is 1110 g/mol. The van der Waals surface area contributed by atoms with Gasteiger partial charge in [-0.1, -0.05) is 76.6 Å². The van der Waals surface area contributed by atoms with Crippen molar-refractivity contribution in [3.63, 3.8) is 0 Å². The average Bonchev–Trinajstić information content (AvgIpc) is 3.34. The number of nitrogen functional groups attached to an aromatic ring is 1. The van der Waals surface area contributed by atoms with Gasteiger partial charge in [-0.25, -0.2) is 29.5 Å². The predicted octanol–water partition coefficient (Wildman–Crippen LogP) is 10.3. The minimum atomic E-state index is -2.52. The van der Waals surface area contributed by atoms with Gasteiger partial charge in [-0.05, 0) is 87.3 Å². The number of carbonyl (C=O) groups is 2. The van der Waals surface area contributed by atoms with Gasteiger partial charge in [0.25, 0.3) is 0 Å². The smallest absolute Gasteiger partial charge is 0.334 e. The van der Waals surface area contributed by atoms with E-state index in [0.717, 1.165) is 22.1 Å². The van der Waals surface area contributed by atoms with E-state index >= 15 is 0 Å². The molecule has 0 saturated heterocycles. The van der Waals surface area contributed by atoms with Gasteiger partial charge in [0, 0.05) is 69.0 Å². The van der Waals surface area contributed by atoms with Crippen molar-refractivity contribution in [2.45, 2.75) is 12.8 Å². The number of halogens is 3. The fraction of sp³-hybridized carbons (Fsp3) is 0.240. The van der Waals surface area contributed by atoms with Crippen LogP contribution in [0.1, 0.15) is 22.8 Å². The van der Waals surface area contributed by atoms with Crippen molar-refractivity contribution >= 4 is 110 Å². The number of aromatic nitrogens is 4. The number of nitrogens with two attached hydrogens (primary N) is 1.